The summed E-state index contributed by atoms with van der Waals surface area (Å²) in [7, 11) is 0. The van der Waals surface area contributed by atoms with Crippen molar-refractivity contribution in [2.24, 2.45) is 0 Å². The molecule has 0 bridgehead atoms. The zero-order valence-electron chi connectivity index (χ0n) is 11.4. The Morgan fingerprint density at radius 1 is 1.28 bits per heavy atom. The lowest BCUT2D eigenvalue weighted by Crippen LogP contribution is -2.41. The summed E-state index contributed by atoms with van der Waals surface area (Å²) >= 11 is 0. The van der Waals surface area contributed by atoms with Gasteiger partial charge < -0.3 is 19.6 Å². The molecule has 1 rings (SSSR count). The second-order valence-corrected chi connectivity index (χ2v) is 5.62. The molecule has 0 aromatic carbocycles. The molecule has 5 nitrogen and oxygen atoms in total. The first-order valence-corrected chi connectivity index (χ1v) is 6.45. The van der Waals surface area contributed by atoms with E-state index in [4.69, 9.17) is 9.47 Å². The fraction of sp³-hybridized carbons (Fsp3) is 0.846. The predicted molar refractivity (Wildman–Crippen MR) is 67.4 cm³/mol. The Morgan fingerprint density at radius 3 is 2.39 bits per heavy atom. The molecule has 0 aromatic heterocycles. The van der Waals surface area contributed by atoms with Crippen LogP contribution in [0.3, 0.4) is 0 Å². The molecule has 1 N–H and O–H groups in total. The molecule has 0 saturated heterocycles. The summed E-state index contributed by atoms with van der Waals surface area (Å²) in [6.45, 7) is 5.69. The van der Waals surface area contributed by atoms with Crippen molar-refractivity contribution < 1.29 is 19.1 Å². The Balaban J connectivity index is 2.23. The Hall–Kier alpha value is -1.10. The molecule has 0 atom stereocenters. The van der Waals surface area contributed by atoms with Gasteiger partial charge in [-0.05, 0) is 46.5 Å². The van der Waals surface area contributed by atoms with Gasteiger partial charge >= 0.3 is 6.09 Å². The van der Waals surface area contributed by atoms with Crippen LogP contribution in [0, 0.1) is 0 Å². The highest BCUT2D eigenvalue weighted by atomic mass is 16.6. The number of hydrogen-bond acceptors (Lipinski definition) is 4. The second-order valence-electron chi connectivity index (χ2n) is 5.62. The van der Waals surface area contributed by atoms with Gasteiger partial charge in [0, 0.05) is 6.04 Å². The highest BCUT2D eigenvalue weighted by Gasteiger charge is 2.24. The monoisotopic (exact) mass is 257 g/mol. The molecule has 1 amide bonds. The highest BCUT2D eigenvalue weighted by molar-refractivity contribution is 5.68. The summed E-state index contributed by atoms with van der Waals surface area (Å²) in [6.07, 6.45) is 4.02. The zero-order valence-corrected chi connectivity index (χ0v) is 11.4. The fourth-order valence-corrected chi connectivity index (χ4v) is 2.02. The Kier molecular flexibility index (Phi) is 5.59. The maximum absolute atomic E-state index is 11.6. The number of carbonyl (C=O) groups is 2. The predicted octanol–water partition coefficient (Wildman–Crippen LogP) is 2.04. The Labute approximate surface area is 108 Å². The van der Waals surface area contributed by atoms with E-state index in [1.807, 2.05) is 20.8 Å². The fourth-order valence-electron chi connectivity index (χ4n) is 2.02. The van der Waals surface area contributed by atoms with Crippen LogP contribution in [0.2, 0.25) is 0 Å². The van der Waals surface area contributed by atoms with Crippen molar-refractivity contribution in [3.63, 3.8) is 0 Å². The van der Waals surface area contributed by atoms with Gasteiger partial charge in [0.15, 0.2) is 0 Å². The minimum absolute atomic E-state index is 0.145. The third-order valence-corrected chi connectivity index (χ3v) is 2.80. The van der Waals surface area contributed by atoms with E-state index >= 15 is 0 Å². The van der Waals surface area contributed by atoms with Crippen molar-refractivity contribution in [2.45, 2.75) is 64.2 Å². The van der Waals surface area contributed by atoms with Crippen molar-refractivity contribution >= 4 is 12.4 Å². The molecule has 1 saturated carbocycles. The van der Waals surface area contributed by atoms with Gasteiger partial charge in [-0.2, -0.15) is 0 Å². The van der Waals surface area contributed by atoms with Crippen LogP contribution in [-0.4, -0.2) is 36.7 Å². The summed E-state index contributed by atoms with van der Waals surface area (Å²) in [6, 6.07) is 0.149. The van der Waals surface area contributed by atoms with Gasteiger partial charge in [-0.15, -0.1) is 0 Å². The van der Waals surface area contributed by atoms with Crippen molar-refractivity contribution in [3.05, 3.63) is 0 Å². The van der Waals surface area contributed by atoms with Gasteiger partial charge in [-0.1, -0.05) is 0 Å². The second kappa shape index (κ2) is 6.73. The van der Waals surface area contributed by atoms with Gasteiger partial charge in [0.1, 0.15) is 18.5 Å². The lowest BCUT2D eigenvalue weighted by atomic mass is 9.93. The van der Waals surface area contributed by atoms with E-state index in [0.717, 1.165) is 32.0 Å². The van der Waals surface area contributed by atoms with Crippen molar-refractivity contribution in [1.82, 2.24) is 5.32 Å². The molecular formula is C13H23NO4. The number of hydrogen-bond donors (Lipinski definition) is 1. The first kappa shape index (κ1) is 15.0. The summed E-state index contributed by atoms with van der Waals surface area (Å²) in [5.41, 5.74) is -0.464. The lowest BCUT2D eigenvalue weighted by molar-refractivity contribution is -0.114. The van der Waals surface area contributed by atoms with E-state index in [0.29, 0.717) is 0 Å². The van der Waals surface area contributed by atoms with E-state index in [-0.39, 0.29) is 24.8 Å². The van der Waals surface area contributed by atoms with Crippen LogP contribution in [0.15, 0.2) is 0 Å². The molecule has 1 aliphatic rings. The number of rotatable bonds is 4. The van der Waals surface area contributed by atoms with Gasteiger partial charge in [-0.3, -0.25) is 0 Å². The van der Waals surface area contributed by atoms with E-state index in [1.165, 1.54) is 0 Å². The van der Waals surface area contributed by atoms with Crippen LogP contribution >= 0.6 is 0 Å². The molecule has 104 valence electrons. The van der Waals surface area contributed by atoms with E-state index < -0.39 is 5.60 Å². The third kappa shape index (κ3) is 6.00. The van der Waals surface area contributed by atoms with Crippen LogP contribution in [0.25, 0.3) is 0 Å². The number of nitrogens with one attached hydrogen (secondary N) is 1. The zero-order chi connectivity index (χ0) is 13.6. The first-order chi connectivity index (χ1) is 8.40. The van der Waals surface area contributed by atoms with Crippen LogP contribution < -0.4 is 5.32 Å². The molecule has 0 unspecified atom stereocenters. The molecule has 0 heterocycles. The normalized spacial score (nSPS) is 24.4. The quantitative estimate of drug-likeness (QED) is 0.783. The maximum Gasteiger partial charge on any atom is 0.407 e. The highest BCUT2D eigenvalue weighted by Crippen LogP contribution is 2.21. The SMILES string of the molecule is CC(C)(C)OC(=O)NC1CCC(OCC=O)CC1. The Morgan fingerprint density at radius 2 is 1.89 bits per heavy atom. The summed E-state index contributed by atoms with van der Waals surface area (Å²) in [5, 5.41) is 2.87. The van der Waals surface area contributed by atoms with Crippen LogP contribution in [0.5, 0.6) is 0 Å². The molecule has 0 spiro atoms. The standard InChI is InChI=1S/C13H23NO4/c1-13(2,3)18-12(16)14-10-4-6-11(7-5-10)17-9-8-15/h8,10-11H,4-7,9H2,1-3H3,(H,14,16). The number of amides is 1. The number of ether oxygens (including phenoxy) is 2. The lowest BCUT2D eigenvalue weighted by Gasteiger charge is -2.29. The van der Waals surface area contributed by atoms with Crippen molar-refractivity contribution in [2.75, 3.05) is 6.61 Å². The van der Waals surface area contributed by atoms with Gasteiger partial charge in [0.05, 0.1) is 6.10 Å². The average molecular weight is 257 g/mol. The summed E-state index contributed by atoms with van der Waals surface area (Å²) < 4.78 is 10.6. The van der Waals surface area contributed by atoms with Gasteiger partial charge in [0.2, 0.25) is 0 Å². The number of carbonyl (C=O) groups excluding carboxylic acids is 2. The van der Waals surface area contributed by atoms with Crippen LogP contribution in [0.1, 0.15) is 46.5 Å². The van der Waals surface area contributed by atoms with Gasteiger partial charge in [-0.25, -0.2) is 4.79 Å². The molecule has 0 aliphatic heterocycles. The van der Waals surface area contributed by atoms with E-state index in [1.54, 1.807) is 0 Å². The van der Waals surface area contributed by atoms with Gasteiger partial charge in [0.25, 0.3) is 0 Å². The molecular weight excluding hydrogens is 234 g/mol. The molecule has 0 radical (unpaired) electrons. The Bertz CT molecular complexity index is 277. The van der Waals surface area contributed by atoms with Crippen LogP contribution in [0.4, 0.5) is 4.79 Å². The molecule has 18 heavy (non-hydrogen) atoms. The minimum Gasteiger partial charge on any atom is -0.444 e. The van der Waals surface area contributed by atoms with E-state index in [2.05, 4.69) is 5.32 Å². The summed E-state index contributed by atoms with van der Waals surface area (Å²) in [5.74, 6) is 0. The minimum atomic E-state index is -0.464. The molecule has 0 aromatic rings. The van der Waals surface area contributed by atoms with E-state index in [9.17, 15) is 9.59 Å². The first-order valence-electron chi connectivity index (χ1n) is 6.45. The maximum atomic E-state index is 11.6. The molecule has 1 aliphatic carbocycles. The summed E-state index contributed by atoms with van der Waals surface area (Å²) in [4.78, 5) is 21.8. The smallest absolute Gasteiger partial charge is 0.407 e. The average Bonchev–Trinajstić information content (AvgIpc) is 2.25. The third-order valence-electron chi connectivity index (χ3n) is 2.80. The van der Waals surface area contributed by atoms with Crippen LogP contribution in [-0.2, 0) is 14.3 Å². The number of aldehydes is 1. The molecule has 1 fully saturated rings. The topological polar surface area (TPSA) is 64.6 Å². The van der Waals surface area contributed by atoms with Crippen molar-refractivity contribution in [3.8, 4) is 0 Å². The molecule has 5 heteroatoms. The largest absolute Gasteiger partial charge is 0.444 e. The number of alkyl carbamates (subject to hydrolysis) is 1. The van der Waals surface area contributed by atoms with Crippen molar-refractivity contribution in [1.29, 1.82) is 0 Å².